The van der Waals surface area contributed by atoms with Gasteiger partial charge in [0, 0.05) is 13.1 Å². The minimum absolute atomic E-state index is 0.0723. The second-order valence-electron chi connectivity index (χ2n) is 3.55. The predicted molar refractivity (Wildman–Crippen MR) is 57.2 cm³/mol. The van der Waals surface area contributed by atoms with E-state index in [1.54, 1.807) is 7.05 Å². The summed E-state index contributed by atoms with van der Waals surface area (Å²) in [5.74, 6) is -2.76. The summed E-state index contributed by atoms with van der Waals surface area (Å²) in [6, 6.07) is 0.285. The highest BCUT2D eigenvalue weighted by Crippen LogP contribution is 2.13. The lowest BCUT2D eigenvalue weighted by molar-refractivity contribution is -0.192. The third kappa shape index (κ3) is 7.71. The second-order valence-corrected chi connectivity index (χ2v) is 3.55. The van der Waals surface area contributed by atoms with E-state index < -0.39 is 12.1 Å². The lowest BCUT2D eigenvalue weighted by Gasteiger charge is -2.23. The number of carboxylic acid groups (broad SMARTS) is 1. The smallest absolute Gasteiger partial charge is 0.475 e. The molecular formula is C9H16F3N3O3. The first-order valence-electron chi connectivity index (χ1n) is 5.26. The number of carboxylic acids is 1. The van der Waals surface area contributed by atoms with Gasteiger partial charge in [-0.2, -0.15) is 13.2 Å². The Morgan fingerprint density at radius 2 is 1.72 bits per heavy atom. The molecule has 0 aromatic carbocycles. The van der Waals surface area contributed by atoms with Gasteiger partial charge in [0.05, 0.1) is 0 Å². The summed E-state index contributed by atoms with van der Waals surface area (Å²) in [6.45, 7) is 2.02. The highest BCUT2D eigenvalue weighted by molar-refractivity contribution is 5.73. The van der Waals surface area contributed by atoms with E-state index in [0.717, 1.165) is 25.9 Å². The highest BCUT2D eigenvalue weighted by atomic mass is 19.4. The van der Waals surface area contributed by atoms with Crippen LogP contribution in [0.2, 0.25) is 0 Å². The van der Waals surface area contributed by atoms with Crippen LogP contribution in [0, 0.1) is 0 Å². The maximum Gasteiger partial charge on any atom is 0.490 e. The van der Waals surface area contributed by atoms with Gasteiger partial charge in [-0.1, -0.05) is 0 Å². The van der Waals surface area contributed by atoms with Crippen molar-refractivity contribution in [2.45, 2.75) is 25.1 Å². The first-order chi connectivity index (χ1) is 8.27. The fourth-order valence-electron chi connectivity index (χ4n) is 1.22. The zero-order valence-electron chi connectivity index (χ0n) is 9.80. The maximum absolute atomic E-state index is 10.8. The monoisotopic (exact) mass is 271 g/mol. The molecule has 0 unspecified atom stereocenters. The van der Waals surface area contributed by atoms with E-state index in [9.17, 15) is 18.0 Å². The van der Waals surface area contributed by atoms with Crippen molar-refractivity contribution in [2.24, 2.45) is 0 Å². The van der Waals surface area contributed by atoms with Gasteiger partial charge in [-0.15, -0.1) is 0 Å². The molecule has 18 heavy (non-hydrogen) atoms. The zero-order valence-corrected chi connectivity index (χ0v) is 9.80. The molecule has 0 bridgehead atoms. The van der Waals surface area contributed by atoms with Crippen molar-refractivity contribution in [1.29, 1.82) is 0 Å². The van der Waals surface area contributed by atoms with Crippen LogP contribution in [-0.2, 0) is 4.79 Å². The number of aliphatic carboxylic acids is 1. The molecule has 0 atom stereocenters. The lowest BCUT2D eigenvalue weighted by Crippen LogP contribution is -2.45. The maximum atomic E-state index is 10.8. The number of alkyl halides is 3. The molecule has 9 heteroatoms. The van der Waals surface area contributed by atoms with E-state index in [0.29, 0.717) is 6.04 Å². The van der Waals surface area contributed by atoms with Crippen molar-refractivity contribution in [1.82, 2.24) is 16.0 Å². The number of carbonyl (C=O) groups excluding carboxylic acids is 1. The number of rotatable bonds is 1. The van der Waals surface area contributed by atoms with Crippen molar-refractivity contribution in [2.75, 3.05) is 20.1 Å². The third-order valence-electron chi connectivity index (χ3n) is 2.14. The fraction of sp³-hybridized carbons (Fsp3) is 0.778. The van der Waals surface area contributed by atoms with Crippen LogP contribution in [0.4, 0.5) is 18.0 Å². The van der Waals surface area contributed by atoms with Crippen molar-refractivity contribution in [3.63, 3.8) is 0 Å². The van der Waals surface area contributed by atoms with Gasteiger partial charge in [-0.05, 0) is 25.9 Å². The summed E-state index contributed by atoms with van der Waals surface area (Å²) in [5, 5.41) is 15.8. The number of nitrogens with one attached hydrogen (secondary N) is 3. The normalized spacial score (nSPS) is 16.2. The quantitative estimate of drug-likeness (QED) is 0.552. The summed E-state index contributed by atoms with van der Waals surface area (Å²) in [5.41, 5.74) is 0. The topological polar surface area (TPSA) is 90.5 Å². The molecule has 1 saturated heterocycles. The Balaban J connectivity index is 0.000000360. The Hall–Kier alpha value is -1.51. The van der Waals surface area contributed by atoms with E-state index in [1.807, 2.05) is 0 Å². The van der Waals surface area contributed by atoms with Crippen LogP contribution >= 0.6 is 0 Å². The van der Waals surface area contributed by atoms with Crippen molar-refractivity contribution in [3.8, 4) is 0 Å². The van der Waals surface area contributed by atoms with Gasteiger partial charge < -0.3 is 21.1 Å². The molecule has 0 aromatic rings. The molecule has 0 aliphatic carbocycles. The van der Waals surface area contributed by atoms with Gasteiger partial charge in [-0.25, -0.2) is 9.59 Å². The van der Waals surface area contributed by atoms with Gasteiger partial charge in [0.2, 0.25) is 0 Å². The number of hydrogen-bond acceptors (Lipinski definition) is 3. The van der Waals surface area contributed by atoms with Crippen LogP contribution in [0.15, 0.2) is 0 Å². The first-order valence-corrected chi connectivity index (χ1v) is 5.26. The number of carbonyl (C=O) groups is 2. The molecule has 2 amide bonds. The highest BCUT2D eigenvalue weighted by Gasteiger charge is 2.38. The lowest BCUT2D eigenvalue weighted by atomic mass is 10.1. The molecule has 0 spiro atoms. The van der Waals surface area contributed by atoms with Crippen LogP contribution < -0.4 is 16.0 Å². The molecule has 1 fully saturated rings. The molecule has 6 nitrogen and oxygen atoms in total. The number of halogens is 3. The van der Waals surface area contributed by atoms with Gasteiger partial charge >= 0.3 is 18.2 Å². The number of piperidine rings is 1. The molecular weight excluding hydrogens is 255 g/mol. The molecule has 1 aliphatic rings. The van der Waals surface area contributed by atoms with Gasteiger partial charge in [-0.3, -0.25) is 0 Å². The zero-order chi connectivity index (χ0) is 14.2. The number of hydrogen-bond donors (Lipinski definition) is 4. The molecule has 1 rings (SSSR count). The van der Waals surface area contributed by atoms with Crippen LogP contribution in [0.25, 0.3) is 0 Å². The Labute approximate surface area is 102 Å². The van der Waals surface area contributed by atoms with Crippen LogP contribution in [0.1, 0.15) is 12.8 Å². The molecule has 106 valence electrons. The van der Waals surface area contributed by atoms with Crippen molar-refractivity contribution < 1.29 is 27.9 Å². The Kier molecular flexibility index (Phi) is 7.10. The number of urea groups is 1. The largest absolute Gasteiger partial charge is 0.490 e. The molecule has 0 radical (unpaired) electrons. The van der Waals surface area contributed by atoms with E-state index in [1.165, 1.54) is 0 Å². The average molecular weight is 271 g/mol. The fourth-order valence-corrected chi connectivity index (χ4v) is 1.22. The standard InChI is InChI=1S/C7H15N3O.C2HF3O2/c1-8-7(11)10-6-2-4-9-5-3-6;3-2(4,5)1(6)7/h6,9H,2-5H2,1H3,(H2,8,10,11);(H,6,7). The molecule has 0 aromatic heterocycles. The second kappa shape index (κ2) is 7.75. The van der Waals surface area contributed by atoms with Gasteiger partial charge in [0.1, 0.15) is 0 Å². The summed E-state index contributed by atoms with van der Waals surface area (Å²) >= 11 is 0. The third-order valence-corrected chi connectivity index (χ3v) is 2.14. The minimum Gasteiger partial charge on any atom is -0.475 e. The van der Waals surface area contributed by atoms with Crippen LogP contribution in [0.3, 0.4) is 0 Å². The summed E-state index contributed by atoms with van der Waals surface area (Å²) < 4.78 is 31.7. The first kappa shape index (κ1) is 16.5. The van der Waals surface area contributed by atoms with E-state index in [-0.39, 0.29) is 6.03 Å². The molecule has 1 heterocycles. The van der Waals surface area contributed by atoms with E-state index in [4.69, 9.17) is 9.90 Å². The van der Waals surface area contributed by atoms with Crippen LogP contribution in [-0.4, -0.2) is 49.5 Å². The molecule has 4 N–H and O–H groups in total. The predicted octanol–water partition coefficient (Wildman–Crippen LogP) is 0.301. The molecule has 1 aliphatic heterocycles. The Bertz CT molecular complexity index is 278. The minimum atomic E-state index is -5.08. The number of amides is 2. The Morgan fingerprint density at radius 1 is 1.28 bits per heavy atom. The summed E-state index contributed by atoms with van der Waals surface area (Å²) in [6.07, 6.45) is -3.01. The Morgan fingerprint density at radius 3 is 2.06 bits per heavy atom. The van der Waals surface area contributed by atoms with E-state index >= 15 is 0 Å². The summed E-state index contributed by atoms with van der Waals surface area (Å²) in [4.78, 5) is 19.7. The van der Waals surface area contributed by atoms with Crippen LogP contribution in [0.5, 0.6) is 0 Å². The van der Waals surface area contributed by atoms with Crippen molar-refractivity contribution >= 4 is 12.0 Å². The molecule has 0 saturated carbocycles. The average Bonchev–Trinajstić information content (AvgIpc) is 2.29. The van der Waals surface area contributed by atoms with E-state index in [2.05, 4.69) is 16.0 Å². The van der Waals surface area contributed by atoms with Crippen molar-refractivity contribution in [3.05, 3.63) is 0 Å². The SMILES string of the molecule is CNC(=O)NC1CCNCC1.O=C(O)C(F)(F)F. The summed E-state index contributed by atoms with van der Waals surface area (Å²) in [7, 11) is 1.64. The van der Waals surface area contributed by atoms with Gasteiger partial charge in [0.25, 0.3) is 0 Å². The van der Waals surface area contributed by atoms with Gasteiger partial charge in [0.15, 0.2) is 0 Å².